The molecule has 0 aromatic carbocycles. The van der Waals surface area contributed by atoms with Gasteiger partial charge >= 0.3 is 11.9 Å². The summed E-state index contributed by atoms with van der Waals surface area (Å²) in [7, 11) is 0. The fraction of sp³-hybridized carbons (Fsp3) is 0.750. The van der Waals surface area contributed by atoms with Crippen LogP contribution in [-0.4, -0.2) is 25.2 Å². The smallest absolute Gasteiger partial charge is 0.305 e. The maximum atomic E-state index is 11.4. The Balaban J connectivity index is 3.41. The van der Waals surface area contributed by atoms with Crippen molar-refractivity contribution in [3.63, 3.8) is 0 Å². The Kier molecular flexibility index (Phi) is 11.9. The van der Waals surface area contributed by atoms with Crippen molar-refractivity contribution in [3.05, 3.63) is 12.7 Å². The van der Waals surface area contributed by atoms with Gasteiger partial charge in [-0.1, -0.05) is 19.9 Å². The molecule has 0 amide bonds. The third-order valence-corrected chi connectivity index (χ3v) is 2.77. The average Bonchev–Trinajstić information content (AvgIpc) is 2.39. The molecule has 4 nitrogen and oxygen atoms in total. The Morgan fingerprint density at radius 1 is 1.00 bits per heavy atom. The van der Waals surface area contributed by atoms with E-state index in [4.69, 9.17) is 9.47 Å². The molecule has 0 atom stereocenters. The molecule has 0 unspecified atom stereocenters. The van der Waals surface area contributed by atoms with E-state index in [1.54, 1.807) is 6.08 Å². The normalized spacial score (nSPS) is 10.3. The Labute approximate surface area is 122 Å². The van der Waals surface area contributed by atoms with Crippen LogP contribution < -0.4 is 0 Å². The van der Waals surface area contributed by atoms with Crippen LogP contribution in [0.3, 0.4) is 0 Å². The maximum absolute atomic E-state index is 11.4. The van der Waals surface area contributed by atoms with Crippen LogP contribution in [0.1, 0.15) is 58.8 Å². The van der Waals surface area contributed by atoms with Crippen molar-refractivity contribution < 1.29 is 19.1 Å². The van der Waals surface area contributed by atoms with Crippen molar-refractivity contribution in [3.8, 4) is 0 Å². The van der Waals surface area contributed by atoms with E-state index in [0.29, 0.717) is 25.6 Å². The van der Waals surface area contributed by atoms with Crippen LogP contribution in [0.25, 0.3) is 0 Å². The molecule has 0 heterocycles. The fourth-order valence-corrected chi connectivity index (χ4v) is 1.61. The van der Waals surface area contributed by atoms with Gasteiger partial charge in [0, 0.05) is 12.8 Å². The third kappa shape index (κ3) is 13.1. The van der Waals surface area contributed by atoms with Gasteiger partial charge in [0.15, 0.2) is 0 Å². The summed E-state index contributed by atoms with van der Waals surface area (Å²) in [4.78, 5) is 22.7. The van der Waals surface area contributed by atoms with E-state index < -0.39 is 0 Å². The van der Waals surface area contributed by atoms with Crippen LogP contribution in [0.15, 0.2) is 12.7 Å². The van der Waals surface area contributed by atoms with Gasteiger partial charge in [-0.2, -0.15) is 0 Å². The molecule has 0 aliphatic rings. The van der Waals surface area contributed by atoms with Gasteiger partial charge in [-0.05, 0) is 38.0 Å². The van der Waals surface area contributed by atoms with Gasteiger partial charge in [0.05, 0.1) is 13.2 Å². The lowest BCUT2D eigenvalue weighted by Gasteiger charge is -2.06. The maximum Gasteiger partial charge on any atom is 0.305 e. The van der Waals surface area contributed by atoms with Crippen LogP contribution in [-0.2, 0) is 19.1 Å². The van der Waals surface area contributed by atoms with Gasteiger partial charge < -0.3 is 9.47 Å². The number of unbranched alkanes of at least 4 members (excludes halogenated alkanes) is 1. The Bertz CT molecular complexity index is 284. The van der Waals surface area contributed by atoms with Crippen LogP contribution in [0.2, 0.25) is 0 Å². The minimum atomic E-state index is -0.248. The van der Waals surface area contributed by atoms with E-state index in [2.05, 4.69) is 20.4 Å². The monoisotopic (exact) mass is 284 g/mol. The largest absolute Gasteiger partial charge is 0.466 e. The first-order chi connectivity index (χ1) is 9.56. The van der Waals surface area contributed by atoms with Crippen LogP contribution in [0.4, 0.5) is 0 Å². The molecule has 0 spiro atoms. The highest BCUT2D eigenvalue weighted by atomic mass is 16.5. The van der Waals surface area contributed by atoms with Crippen molar-refractivity contribution in [1.82, 2.24) is 0 Å². The first kappa shape index (κ1) is 18.7. The van der Waals surface area contributed by atoms with E-state index in [1.165, 1.54) is 0 Å². The van der Waals surface area contributed by atoms with Gasteiger partial charge in [-0.3, -0.25) is 9.59 Å². The summed E-state index contributed by atoms with van der Waals surface area (Å²) < 4.78 is 10.1. The Morgan fingerprint density at radius 3 is 2.05 bits per heavy atom. The zero-order chi connectivity index (χ0) is 15.2. The number of esters is 2. The van der Waals surface area contributed by atoms with Gasteiger partial charge in [-0.15, -0.1) is 6.58 Å². The highest BCUT2D eigenvalue weighted by Gasteiger charge is 2.07. The summed E-state index contributed by atoms with van der Waals surface area (Å²) >= 11 is 0. The molecule has 4 heteroatoms. The minimum absolute atomic E-state index is 0.229. The molecule has 0 aliphatic carbocycles. The number of carbonyl (C=O) groups excluding carboxylic acids is 2. The molecule has 0 fully saturated rings. The molecular weight excluding hydrogens is 256 g/mol. The van der Waals surface area contributed by atoms with Crippen molar-refractivity contribution in [1.29, 1.82) is 0 Å². The molecular formula is C16H28O4. The quantitative estimate of drug-likeness (QED) is 0.312. The van der Waals surface area contributed by atoms with Crippen molar-refractivity contribution in [2.24, 2.45) is 5.92 Å². The topological polar surface area (TPSA) is 52.6 Å². The van der Waals surface area contributed by atoms with Crippen LogP contribution in [0, 0.1) is 5.92 Å². The Hall–Kier alpha value is -1.32. The SMILES string of the molecule is C=CCCCOC(=O)CCCC(=O)OCCCC(C)C. The zero-order valence-electron chi connectivity index (χ0n) is 12.9. The molecule has 0 aliphatic heterocycles. The Morgan fingerprint density at radius 2 is 1.55 bits per heavy atom. The molecule has 0 rings (SSSR count). The van der Waals surface area contributed by atoms with Crippen LogP contribution >= 0.6 is 0 Å². The van der Waals surface area contributed by atoms with Gasteiger partial charge in [0.25, 0.3) is 0 Å². The molecule has 0 aromatic heterocycles. The highest BCUT2D eigenvalue weighted by Crippen LogP contribution is 2.05. The van der Waals surface area contributed by atoms with Crippen molar-refractivity contribution in [2.75, 3.05) is 13.2 Å². The van der Waals surface area contributed by atoms with E-state index in [-0.39, 0.29) is 24.8 Å². The van der Waals surface area contributed by atoms with Gasteiger partial charge in [-0.25, -0.2) is 0 Å². The van der Waals surface area contributed by atoms with E-state index >= 15 is 0 Å². The number of rotatable bonds is 12. The summed E-state index contributed by atoms with van der Waals surface area (Å²) in [6.45, 7) is 8.77. The molecule has 116 valence electrons. The van der Waals surface area contributed by atoms with E-state index in [0.717, 1.165) is 25.7 Å². The minimum Gasteiger partial charge on any atom is -0.466 e. The lowest BCUT2D eigenvalue weighted by molar-refractivity contribution is -0.145. The lowest BCUT2D eigenvalue weighted by Crippen LogP contribution is -2.09. The third-order valence-electron chi connectivity index (χ3n) is 2.77. The lowest BCUT2D eigenvalue weighted by atomic mass is 10.1. The first-order valence-electron chi connectivity index (χ1n) is 7.48. The van der Waals surface area contributed by atoms with Gasteiger partial charge in [0.1, 0.15) is 0 Å². The van der Waals surface area contributed by atoms with Crippen molar-refractivity contribution >= 4 is 11.9 Å². The standard InChI is InChI=1S/C16H28O4/c1-4-5-6-12-19-15(17)10-7-11-16(18)20-13-8-9-14(2)3/h4,14H,1,5-13H2,2-3H3. The molecule has 20 heavy (non-hydrogen) atoms. The summed E-state index contributed by atoms with van der Waals surface area (Å²) in [5, 5.41) is 0. The van der Waals surface area contributed by atoms with Crippen LogP contribution in [0.5, 0.6) is 0 Å². The number of hydrogen-bond acceptors (Lipinski definition) is 4. The zero-order valence-corrected chi connectivity index (χ0v) is 12.9. The number of carbonyl (C=O) groups is 2. The summed E-state index contributed by atoms with van der Waals surface area (Å²) in [5.41, 5.74) is 0. The fourth-order valence-electron chi connectivity index (χ4n) is 1.61. The van der Waals surface area contributed by atoms with Crippen molar-refractivity contribution in [2.45, 2.75) is 58.8 Å². The second-order valence-corrected chi connectivity index (χ2v) is 5.26. The number of hydrogen-bond donors (Lipinski definition) is 0. The molecule has 0 saturated heterocycles. The average molecular weight is 284 g/mol. The molecule has 0 radical (unpaired) electrons. The molecule has 0 aromatic rings. The molecule has 0 bridgehead atoms. The second kappa shape index (κ2) is 12.7. The van der Waals surface area contributed by atoms with E-state index in [9.17, 15) is 9.59 Å². The summed E-state index contributed by atoms with van der Waals surface area (Å²) in [5.74, 6) is 0.152. The molecule has 0 N–H and O–H groups in total. The summed E-state index contributed by atoms with van der Waals surface area (Å²) in [6.07, 6.45) is 6.44. The first-order valence-corrected chi connectivity index (χ1v) is 7.48. The molecule has 0 saturated carbocycles. The predicted octanol–water partition coefficient (Wildman–Crippen LogP) is 3.65. The second-order valence-electron chi connectivity index (χ2n) is 5.26. The van der Waals surface area contributed by atoms with E-state index in [1.807, 2.05) is 0 Å². The predicted molar refractivity (Wildman–Crippen MR) is 79.3 cm³/mol. The number of ether oxygens (including phenoxy) is 2. The summed E-state index contributed by atoms with van der Waals surface area (Å²) in [6, 6.07) is 0. The number of allylic oxidation sites excluding steroid dienone is 1. The van der Waals surface area contributed by atoms with Gasteiger partial charge in [0.2, 0.25) is 0 Å². The highest BCUT2D eigenvalue weighted by molar-refractivity contribution is 5.72.